The highest BCUT2D eigenvalue weighted by molar-refractivity contribution is 7.92. The van der Waals surface area contributed by atoms with Gasteiger partial charge in [-0.1, -0.05) is 19.8 Å². The average Bonchev–Trinajstić information content (AvgIpc) is 3.19. The molecule has 3 N–H and O–H groups in total. The van der Waals surface area contributed by atoms with Crippen LogP contribution < -0.4 is 9.62 Å². The van der Waals surface area contributed by atoms with Crippen LogP contribution in [0.3, 0.4) is 0 Å². The van der Waals surface area contributed by atoms with Crippen molar-refractivity contribution >= 4 is 32.4 Å². The molecule has 178 valence electrons. The van der Waals surface area contributed by atoms with Crippen molar-refractivity contribution < 1.29 is 32.2 Å². The molecule has 3 atom stereocenters. The summed E-state index contributed by atoms with van der Waals surface area (Å²) < 4.78 is 51.5. The zero-order valence-electron chi connectivity index (χ0n) is 18.0. The molecule has 0 aliphatic heterocycles. The summed E-state index contributed by atoms with van der Waals surface area (Å²) in [6.45, 7) is 1.92. The maximum atomic E-state index is 13.6. The van der Waals surface area contributed by atoms with Gasteiger partial charge < -0.3 is 15.5 Å². The van der Waals surface area contributed by atoms with Crippen molar-refractivity contribution in [2.75, 3.05) is 17.6 Å². The molecular formula is C20H27F2N3O5S2. The van der Waals surface area contributed by atoms with Gasteiger partial charge in [-0.3, -0.25) is 4.79 Å². The second kappa shape index (κ2) is 11.1. The van der Waals surface area contributed by atoms with Gasteiger partial charge in [0.25, 0.3) is 5.91 Å². The number of amides is 1. The molecule has 8 nitrogen and oxygen atoms in total. The number of aliphatic hydroxyl groups excluding tert-OH is 2. The number of benzene rings is 1. The highest BCUT2D eigenvalue weighted by Crippen LogP contribution is 2.22. The summed E-state index contributed by atoms with van der Waals surface area (Å²) in [6, 6.07) is 1.79. The summed E-state index contributed by atoms with van der Waals surface area (Å²) >= 11 is 0.937. The van der Waals surface area contributed by atoms with E-state index in [9.17, 15) is 32.2 Å². The molecule has 2 aromatic rings. The summed E-state index contributed by atoms with van der Waals surface area (Å²) in [5.74, 6) is -2.34. The number of unbranched alkanes of at least 4 members (excludes halogenated alkanes) is 1. The van der Waals surface area contributed by atoms with Gasteiger partial charge in [0, 0.05) is 18.5 Å². The van der Waals surface area contributed by atoms with Gasteiger partial charge in [0.2, 0.25) is 10.0 Å². The molecule has 1 amide bonds. The van der Waals surface area contributed by atoms with Crippen LogP contribution in [0.2, 0.25) is 0 Å². The fourth-order valence-electron chi connectivity index (χ4n) is 2.99. The standard InChI is InChI=1S/C20H27F2N3O5S2/c1-4-5-6-17(26)18(27)15(9-12-7-13(21)10-14(22)8-12)23-19(28)16-11-31-20(24-16)25(2)32(3,29)30/h7-8,10-11,15,17-18,26-27H,4-6,9H2,1-3H3,(H,23,28). The number of carbonyl (C=O) groups excluding carboxylic acids is 1. The Bertz CT molecular complexity index is 1010. The van der Waals surface area contributed by atoms with Crippen molar-refractivity contribution in [2.24, 2.45) is 0 Å². The van der Waals surface area contributed by atoms with Crippen LogP contribution in [-0.2, 0) is 16.4 Å². The highest BCUT2D eigenvalue weighted by Gasteiger charge is 2.29. The molecule has 32 heavy (non-hydrogen) atoms. The Labute approximate surface area is 190 Å². The lowest BCUT2D eigenvalue weighted by Gasteiger charge is -2.28. The number of nitrogens with zero attached hydrogens (tertiary/aromatic N) is 2. The Hall–Kier alpha value is -2.15. The largest absolute Gasteiger partial charge is 0.390 e. The number of hydrogen-bond acceptors (Lipinski definition) is 7. The summed E-state index contributed by atoms with van der Waals surface area (Å²) in [6.07, 6.45) is -0.0238. The van der Waals surface area contributed by atoms with Crippen LogP contribution in [0.15, 0.2) is 23.6 Å². The van der Waals surface area contributed by atoms with E-state index in [1.807, 2.05) is 6.92 Å². The Morgan fingerprint density at radius 3 is 2.44 bits per heavy atom. The molecule has 0 fully saturated rings. The van der Waals surface area contributed by atoms with Crippen LogP contribution in [-0.4, -0.2) is 61.1 Å². The van der Waals surface area contributed by atoms with Gasteiger partial charge in [0.15, 0.2) is 5.13 Å². The molecule has 0 bridgehead atoms. The average molecular weight is 492 g/mol. The number of halogens is 2. The van der Waals surface area contributed by atoms with E-state index in [-0.39, 0.29) is 29.2 Å². The minimum Gasteiger partial charge on any atom is -0.390 e. The first-order valence-electron chi connectivity index (χ1n) is 9.93. The highest BCUT2D eigenvalue weighted by atomic mass is 32.2. The van der Waals surface area contributed by atoms with E-state index in [0.29, 0.717) is 12.5 Å². The van der Waals surface area contributed by atoms with Crippen molar-refractivity contribution in [3.05, 3.63) is 46.5 Å². The second-order valence-electron chi connectivity index (χ2n) is 7.51. The van der Waals surface area contributed by atoms with Gasteiger partial charge >= 0.3 is 0 Å². The summed E-state index contributed by atoms with van der Waals surface area (Å²) in [5.41, 5.74) is 0.0940. The van der Waals surface area contributed by atoms with E-state index in [1.165, 1.54) is 12.4 Å². The Balaban J connectivity index is 2.25. The molecule has 0 aliphatic rings. The first-order chi connectivity index (χ1) is 14.9. The van der Waals surface area contributed by atoms with Crippen molar-refractivity contribution in [1.82, 2.24) is 10.3 Å². The zero-order valence-corrected chi connectivity index (χ0v) is 19.6. The third kappa shape index (κ3) is 7.19. The molecule has 0 aliphatic carbocycles. The van der Waals surface area contributed by atoms with Crippen molar-refractivity contribution in [1.29, 1.82) is 0 Å². The third-order valence-electron chi connectivity index (χ3n) is 4.85. The molecule has 1 aromatic heterocycles. The number of nitrogens with one attached hydrogen (secondary N) is 1. The van der Waals surface area contributed by atoms with Crippen LogP contribution in [0.5, 0.6) is 0 Å². The number of hydrogen-bond donors (Lipinski definition) is 3. The van der Waals surface area contributed by atoms with Crippen molar-refractivity contribution in [2.45, 2.75) is 50.9 Å². The molecule has 12 heteroatoms. The Morgan fingerprint density at radius 2 is 1.88 bits per heavy atom. The number of anilines is 1. The van der Waals surface area contributed by atoms with Crippen LogP contribution in [0.4, 0.5) is 13.9 Å². The lowest BCUT2D eigenvalue weighted by Crippen LogP contribution is -2.50. The van der Waals surface area contributed by atoms with Crippen LogP contribution in [0.25, 0.3) is 0 Å². The smallest absolute Gasteiger partial charge is 0.271 e. The molecule has 2 rings (SSSR count). The molecular weight excluding hydrogens is 464 g/mol. The molecule has 1 heterocycles. The van der Waals surface area contributed by atoms with Gasteiger partial charge in [-0.25, -0.2) is 26.5 Å². The number of rotatable bonds is 11. The van der Waals surface area contributed by atoms with E-state index < -0.39 is 45.8 Å². The molecule has 0 saturated carbocycles. The van der Waals surface area contributed by atoms with Gasteiger partial charge in [-0.15, -0.1) is 11.3 Å². The SMILES string of the molecule is CCCCC(O)C(O)C(Cc1cc(F)cc(F)c1)NC(=O)c1csc(N(C)S(C)(=O)=O)n1. The molecule has 0 spiro atoms. The third-order valence-corrected chi connectivity index (χ3v) is 7.05. The lowest BCUT2D eigenvalue weighted by atomic mass is 9.95. The van der Waals surface area contributed by atoms with E-state index in [4.69, 9.17) is 0 Å². The first-order valence-corrected chi connectivity index (χ1v) is 12.7. The normalized spacial score (nSPS) is 14.6. The summed E-state index contributed by atoms with van der Waals surface area (Å²) in [5, 5.41) is 24.9. The molecule has 3 unspecified atom stereocenters. The van der Waals surface area contributed by atoms with Gasteiger partial charge in [0.05, 0.1) is 18.4 Å². The van der Waals surface area contributed by atoms with Crippen molar-refractivity contribution in [3.8, 4) is 0 Å². The minimum absolute atomic E-state index is 0.0740. The molecule has 0 radical (unpaired) electrons. The van der Waals surface area contributed by atoms with Gasteiger partial charge in [-0.2, -0.15) is 0 Å². The van der Waals surface area contributed by atoms with E-state index in [1.54, 1.807) is 0 Å². The number of sulfonamides is 1. The summed E-state index contributed by atoms with van der Waals surface area (Å²) in [4.78, 5) is 16.7. The fourth-order valence-corrected chi connectivity index (χ4v) is 4.53. The monoisotopic (exact) mass is 491 g/mol. The second-order valence-corrected chi connectivity index (χ2v) is 10.4. The van der Waals surface area contributed by atoms with E-state index in [2.05, 4.69) is 10.3 Å². The fraction of sp³-hybridized carbons (Fsp3) is 0.500. The van der Waals surface area contributed by atoms with E-state index >= 15 is 0 Å². The number of carbonyl (C=O) groups is 1. The zero-order chi connectivity index (χ0) is 24.1. The Morgan fingerprint density at radius 1 is 1.25 bits per heavy atom. The minimum atomic E-state index is -3.57. The maximum absolute atomic E-state index is 13.6. The predicted molar refractivity (Wildman–Crippen MR) is 118 cm³/mol. The summed E-state index contributed by atoms with van der Waals surface area (Å²) in [7, 11) is -2.27. The van der Waals surface area contributed by atoms with Crippen LogP contribution in [0.1, 0.15) is 42.2 Å². The van der Waals surface area contributed by atoms with Crippen molar-refractivity contribution in [3.63, 3.8) is 0 Å². The van der Waals surface area contributed by atoms with Gasteiger partial charge in [0.1, 0.15) is 23.4 Å². The lowest BCUT2D eigenvalue weighted by molar-refractivity contribution is -0.00819. The predicted octanol–water partition coefficient (Wildman–Crippen LogP) is 2.07. The molecule has 0 saturated heterocycles. The number of aliphatic hydroxyl groups is 2. The quantitative estimate of drug-likeness (QED) is 0.443. The number of thiazole rings is 1. The van der Waals surface area contributed by atoms with Crippen LogP contribution in [0, 0.1) is 11.6 Å². The van der Waals surface area contributed by atoms with E-state index in [0.717, 1.165) is 40.5 Å². The topological polar surface area (TPSA) is 120 Å². The van der Waals surface area contributed by atoms with Gasteiger partial charge in [-0.05, 0) is 30.5 Å². The molecule has 1 aromatic carbocycles. The Kier molecular flexibility index (Phi) is 9.08. The number of aromatic nitrogens is 1. The van der Waals surface area contributed by atoms with Crippen LogP contribution >= 0.6 is 11.3 Å². The maximum Gasteiger partial charge on any atom is 0.271 e. The first kappa shape index (κ1) is 26.1.